The fourth-order valence-corrected chi connectivity index (χ4v) is 2.65. The molecular formula is C22H20N2O3. The maximum absolute atomic E-state index is 12.5. The van der Waals surface area contributed by atoms with Crippen LogP contribution in [-0.2, 0) is 6.54 Å². The molecule has 0 saturated heterocycles. The van der Waals surface area contributed by atoms with Crippen LogP contribution in [0.3, 0.4) is 0 Å². The summed E-state index contributed by atoms with van der Waals surface area (Å²) in [4.78, 5) is 24.9. The molecule has 2 N–H and O–H groups in total. The van der Waals surface area contributed by atoms with Crippen LogP contribution in [0, 0.1) is 0 Å². The number of anilines is 1. The summed E-state index contributed by atoms with van der Waals surface area (Å²) in [5, 5.41) is 5.67. The van der Waals surface area contributed by atoms with Gasteiger partial charge in [0.1, 0.15) is 5.75 Å². The zero-order chi connectivity index (χ0) is 19.1. The number of amides is 2. The van der Waals surface area contributed by atoms with Crippen LogP contribution in [0.5, 0.6) is 5.75 Å². The van der Waals surface area contributed by atoms with Gasteiger partial charge < -0.3 is 15.4 Å². The molecule has 0 atom stereocenters. The minimum atomic E-state index is -0.263. The van der Waals surface area contributed by atoms with Gasteiger partial charge in [0.2, 0.25) is 0 Å². The monoisotopic (exact) mass is 360 g/mol. The Labute approximate surface area is 158 Å². The largest absolute Gasteiger partial charge is 0.496 e. The summed E-state index contributed by atoms with van der Waals surface area (Å²) >= 11 is 0. The van der Waals surface area contributed by atoms with Crippen LogP contribution in [0.25, 0.3) is 0 Å². The highest BCUT2D eigenvalue weighted by Crippen LogP contribution is 2.17. The van der Waals surface area contributed by atoms with Gasteiger partial charge in [-0.3, -0.25) is 9.59 Å². The Morgan fingerprint density at radius 2 is 1.48 bits per heavy atom. The highest BCUT2D eigenvalue weighted by molar-refractivity contribution is 6.06. The zero-order valence-corrected chi connectivity index (χ0v) is 14.9. The lowest BCUT2D eigenvalue weighted by Crippen LogP contribution is -2.23. The predicted molar refractivity (Wildman–Crippen MR) is 105 cm³/mol. The maximum Gasteiger partial charge on any atom is 0.255 e. The Morgan fingerprint density at radius 1 is 0.815 bits per heavy atom. The topological polar surface area (TPSA) is 67.4 Å². The number of hydrogen-bond donors (Lipinski definition) is 2. The third-order valence-electron chi connectivity index (χ3n) is 4.05. The van der Waals surface area contributed by atoms with Gasteiger partial charge in [0, 0.05) is 28.9 Å². The number of carbonyl (C=O) groups excluding carboxylic acids is 2. The molecule has 0 radical (unpaired) electrons. The molecule has 0 aliphatic rings. The van der Waals surface area contributed by atoms with Crippen LogP contribution < -0.4 is 15.4 Å². The second kappa shape index (κ2) is 8.67. The SMILES string of the molecule is COc1ccccc1CNC(=O)c1cccc(C(=O)Nc2ccccc2)c1. The van der Waals surface area contributed by atoms with Gasteiger partial charge in [0.15, 0.2) is 0 Å². The van der Waals surface area contributed by atoms with Crippen LogP contribution in [0.2, 0.25) is 0 Å². The van der Waals surface area contributed by atoms with Crippen LogP contribution in [0.4, 0.5) is 5.69 Å². The third kappa shape index (κ3) is 4.73. The van der Waals surface area contributed by atoms with E-state index in [1.165, 1.54) is 0 Å². The first kappa shape index (κ1) is 18.2. The van der Waals surface area contributed by atoms with E-state index >= 15 is 0 Å². The summed E-state index contributed by atoms with van der Waals surface area (Å²) in [6.07, 6.45) is 0. The molecule has 0 unspecified atom stereocenters. The number of ether oxygens (including phenoxy) is 1. The molecule has 0 fully saturated rings. The van der Waals surface area contributed by atoms with Crippen molar-refractivity contribution in [1.29, 1.82) is 0 Å². The molecule has 0 saturated carbocycles. The van der Waals surface area contributed by atoms with E-state index in [0.29, 0.717) is 29.1 Å². The molecule has 3 rings (SSSR count). The van der Waals surface area contributed by atoms with E-state index in [-0.39, 0.29) is 11.8 Å². The van der Waals surface area contributed by atoms with Crippen LogP contribution in [-0.4, -0.2) is 18.9 Å². The van der Waals surface area contributed by atoms with Crippen molar-refractivity contribution < 1.29 is 14.3 Å². The Hall–Kier alpha value is -3.60. The fourth-order valence-electron chi connectivity index (χ4n) is 2.65. The predicted octanol–water partition coefficient (Wildman–Crippen LogP) is 3.88. The number of carbonyl (C=O) groups is 2. The molecule has 2 amide bonds. The van der Waals surface area contributed by atoms with Crippen LogP contribution in [0.1, 0.15) is 26.3 Å². The normalized spacial score (nSPS) is 10.1. The Kier molecular flexibility index (Phi) is 5.84. The molecule has 27 heavy (non-hydrogen) atoms. The van der Waals surface area contributed by atoms with Gasteiger partial charge in [-0.2, -0.15) is 0 Å². The van der Waals surface area contributed by atoms with Gasteiger partial charge in [-0.1, -0.05) is 42.5 Å². The molecule has 0 aliphatic carbocycles. The lowest BCUT2D eigenvalue weighted by molar-refractivity contribution is 0.0950. The molecule has 0 aliphatic heterocycles. The molecule has 0 spiro atoms. The van der Waals surface area contributed by atoms with Crippen molar-refractivity contribution in [3.8, 4) is 5.75 Å². The summed E-state index contributed by atoms with van der Waals surface area (Å²) in [7, 11) is 1.59. The minimum Gasteiger partial charge on any atom is -0.496 e. The van der Waals surface area contributed by atoms with Gasteiger partial charge in [0.25, 0.3) is 11.8 Å². The second-order valence-corrected chi connectivity index (χ2v) is 5.90. The lowest BCUT2D eigenvalue weighted by Gasteiger charge is -2.10. The number of methoxy groups -OCH3 is 1. The highest BCUT2D eigenvalue weighted by Gasteiger charge is 2.11. The molecule has 136 valence electrons. The van der Waals surface area contributed by atoms with E-state index in [9.17, 15) is 9.59 Å². The van der Waals surface area contributed by atoms with Gasteiger partial charge in [-0.25, -0.2) is 0 Å². The molecule has 3 aromatic carbocycles. The van der Waals surface area contributed by atoms with E-state index < -0.39 is 0 Å². The quantitative estimate of drug-likeness (QED) is 0.701. The molecule has 0 aromatic heterocycles. The molecule has 5 nitrogen and oxygen atoms in total. The first-order valence-electron chi connectivity index (χ1n) is 8.54. The third-order valence-corrected chi connectivity index (χ3v) is 4.05. The average Bonchev–Trinajstić information content (AvgIpc) is 2.73. The van der Waals surface area contributed by atoms with Crippen molar-refractivity contribution in [2.24, 2.45) is 0 Å². The standard InChI is InChI=1S/C22H20N2O3/c1-27-20-13-6-5-8-18(20)15-23-21(25)16-9-7-10-17(14-16)22(26)24-19-11-3-2-4-12-19/h2-14H,15H2,1H3,(H,23,25)(H,24,26). The minimum absolute atomic E-state index is 0.254. The number of rotatable bonds is 6. The molecule has 5 heteroatoms. The fraction of sp³-hybridized carbons (Fsp3) is 0.0909. The van der Waals surface area contributed by atoms with Gasteiger partial charge in [0.05, 0.1) is 7.11 Å². The number of hydrogen-bond acceptors (Lipinski definition) is 3. The second-order valence-electron chi connectivity index (χ2n) is 5.90. The molecule has 0 bridgehead atoms. The van der Waals surface area contributed by atoms with Crippen LogP contribution in [0.15, 0.2) is 78.9 Å². The Bertz CT molecular complexity index is 939. The molecular weight excluding hydrogens is 340 g/mol. The van der Waals surface area contributed by atoms with E-state index in [4.69, 9.17) is 4.74 Å². The van der Waals surface area contributed by atoms with Crippen molar-refractivity contribution in [2.75, 3.05) is 12.4 Å². The summed E-state index contributed by atoms with van der Waals surface area (Å²) in [6, 6.07) is 23.3. The van der Waals surface area contributed by atoms with E-state index in [1.807, 2.05) is 54.6 Å². The van der Waals surface area contributed by atoms with Crippen molar-refractivity contribution in [3.63, 3.8) is 0 Å². The van der Waals surface area contributed by atoms with E-state index in [2.05, 4.69) is 10.6 Å². The van der Waals surface area contributed by atoms with Gasteiger partial charge >= 0.3 is 0 Å². The van der Waals surface area contributed by atoms with Crippen molar-refractivity contribution in [2.45, 2.75) is 6.54 Å². The average molecular weight is 360 g/mol. The van der Waals surface area contributed by atoms with Crippen molar-refractivity contribution in [3.05, 3.63) is 95.6 Å². The number of para-hydroxylation sites is 2. The van der Waals surface area contributed by atoms with E-state index in [1.54, 1.807) is 31.4 Å². The number of benzene rings is 3. The van der Waals surface area contributed by atoms with E-state index in [0.717, 1.165) is 5.56 Å². The van der Waals surface area contributed by atoms with Crippen molar-refractivity contribution >= 4 is 17.5 Å². The highest BCUT2D eigenvalue weighted by atomic mass is 16.5. The number of nitrogens with one attached hydrogen (secondary N) is 2. The van der Waals surface area contributed by atoms with Gasteiger partial charge in [-0.15, -0.1) is 0 Å². The Morgan fingerprint density at radius 3 is 2.22 bits per heavy atom. The van der Waals surface area contributed by atoms with Gasteiger partial charge in [-0.05, 0) is 36.4 Å². The Balaban J connectivity index is 1.67. The molecule has 3 aromatic rings. The summed E-state index contributed by atoms with van der Waals surface area (Å²) < 4.78 is 5.29. The first-order chi connectivity index (χ1) is 13.2. The maximum atomic E-state index is 12.5. The van der Waals surface area contributed by atoms with Crippen molar-refractivity contribution in [1.82, 2.24) is 5.32 Å². The summed E-state index contributed by atoms with van der Waals surface area (Å²) in [5.74, 6) is 0.199. The smallest absolute Gasteiger partial charge is 0.255 e. The summed E-state index contributed by atoms with van der Waals surface area (Å²) in [6.45, 7) is 0.337. The zero-order valence-electron chi connectivity index (χ0n) is 14.9. The molecule has 0 heterocycles. The first-order valence-corrected chi connectivity index (χ1v) is 8.54. The summed E-state index contributed by atoms with van der Waals surface area (Å²) in [5.41, 5.74) is 2.43. The van der Waals surface area contributed by atoms with Crippen LogP contribution >= 0.6 is 0 Å². The lowest BCUT2D eigenvalue weighted by atomic mass is 10.1.